The summed E-state index contributed by atoms with van der Waals surface area (Å²) < 4.78 is 0. The molecule has 3 rings (SSSR count). The van der Waals surface area contributed by atoms with Gasteiger partial charge in [-0.05, 0) is 49.2 Å². The van der Waals surface area contributed by atoms with Gasteiger partial charge in [0, 0.05) is 11.1 Å². The van der Waals surface area contributed by atoms with E-state index < -0.39 is 5.91 Å². The number of hydrazone groups is 1. The second-order valence-electron chi connectivity index (χ2n) is 5.80. The minimum Gasteiger partial charge on any atom is -0.272 e. The van der Waals surface area contributed by atoms with Gasteiger partial charge in [0.25, 0.3) is 5.91 Å². The van der Waals surface area contributed by atoms with Crippen LogP contribution in [0.2, 0.25) is 10.0 Å². The van der Waals surface area contributed by atoms with Crippen LogP contribution in [-0.2, 0) is 0 Å². The lowest BCUT2D eigenvalue weighted by Gasteiger charge is -2.02. The second-order valence-corrected chi connectivity index (χ2v) is 6.61. The Hall–Kier alpha value is -2.63. The van der Waals surface area contributed by atoms with E-state index >= 15 is 0 Å². The van der Waals surface area contributed by atoms with Crippen molar-refractivity contribution in [2.75, 3.05) is 0 Å². The first-order chi connectivity index (χ1) is 12.5. The van der Waals surface area contributed by atoms with Crippen molar-refractivity contribution in [3.8, 4) is 11.3 Å². The van der Waals surface area contributed by atoms with Crippen LogP contribution in [0, 0.1) is 13.8 Å². The van der Waals surface area contributed by atoms with Gasteiger partial charge in [0.2, 0.25) is 0 Å². The molecule has 0 aliphatic carbocycles. The normalized spacial score (nSPS) is 11.1. The number of carbonyl (C=O) groups excluding carboxylic acids is 1. The van der Waals surface area contributed by atoms with Crippen molar-refractivity contribution < 1.29 is 4.79 Å². The predicted molar refractivity (Wildman–Crippen MR) is 105 cm³/mol. The highest BCUT2D eigenvalue weighted by atomic mass is 35.5. The lowest BCUT2D eigenvalue weighted by molar-refractivity contribution is 0.0950. The third-order valence-corrected chi connectivity index (χ3v) is 4.64. The van der Waals surface area contributed by atoms with Crippen molar-refractivity contribution in [2.24, 2.45) is 5.10 Å². The van der Waals surface area contributed by atoms with Crippen LogP contribution in [0.4, 0.5) is 0 Å². The van der Waals surface area contributed by atoms with Gasteiger partial charge in [-0.1, -0.05) is 41.4 Å². The molecule has 26 heavy (non-hydrogen) atoms. The van der Waals surface area contributed by atoms with Crippen molar-refractivity contribution in [1.29, 1.82) is 0 Å². The van der Waals surface area contributed by atoms with Crippen LogP contribution in [0.1, 0.15) is 27.2 Å². The van der Waals surface area contributed by atoms with E-state index in [1.165, 1.54) is 11.8 Å². The number of aromatic amines is 1. The number of benzene rings is 2. The van der Waals surface area contributed by atoms with Crippen molar-refractivity contribution in [1.82, 2.24) is 15.6 Å². The number of hydrogen-bond donors (Lipinski definition) is 2. The lowest BCUT2D eigenvalue weighted by Crippen LogP contribution is -2.18. The third kappa shape index (κ3) is 3.95. The molecule has 7 heteroatoms. The van der Waals surface area contributed by atoms with Crippen molar-refractivity contribution in [3.05, 3.63) is 74.9 Å². The van der Waals surface area contributed by atoms with E-state index in [-0.39, 0.29) is 0 Å². The Morgan fingerprint density at radius 3 is 2.54 bits per heavy atom. The molecule has 0 unspecified atom stereocenters. The number of halogens is 2. The zero-order valence-electron chi connectivity index (χ0n) is 14.2. The van der Waals surface area contributed by atoms with E-state index in [0.29, 0.717) is 27.0 Å². The average Bonchev–Trinajstić information content (AvgIpc) is 3.10. The molecule has 0 saturated carbocycles. The number of carbonyl (C=O) groups is 1. The Bertz CT molecular complexity index is 975. The molecule has 0 aliphatic heterocycles. The molecule has 0 radical (unpaired) electrons. The molecule has 2 aromatic carbocycles. The molecule has 1 amide bonds. The number of H-pyrrole nitrogens is 1. The topological polar surface area (TPSA) is 70.1 Å². The maximum atomic E-state index is 12.2. The van der Waals surface area contributed by atoms with Crippen LogP contribution in [-0.4, -0.2) is 22.3 Å². The fraction of sp³-hybridized carbons (Fsp3) is 0.105. The summed E-state index contributed by atoms with van der Waals surface area (Å²) in [4.78, 5) is 12.2. The first-order valence-electron chi connectivity index (χ1n) is 7.86. The summed E-state index contributed by atoms with van der Waals surface area (Å²) in [6, 6.07) is 12.8. The number of nitrogens with one attached hydrogen (secondary N) is 2. The molecular formula is C19H16Cl2N4O. The summed E-state index contributed by atoms with van der Waals surface area (Å²) in [5, 5.41) is 11.7. The first-order valence-corrected chi connectivity index (χ1v) is 8.62. The fourth-order valence-electron chi connectivity index (χ4n) is 2.34. The van der Waals surface area contributed by atoms with Crippen LogP contribution in [0.5, 0.6) is 0 Å². The van der Waals surface area contributed by atoms with Crippen molar-refractivity contribution in [3.63, 3.8) is 0 Å². The average molecular weight is 387 g/mol. The summed E-state index contributed by atoms with van der Waals surface area (Å²) in [5.41, 5.74) is 7.27. The predicted octanol–water partition coefficient (Wildman–Crippen LogP) is 4.76. The Balaban J connectivity index is 1.72. The summed E-state index contributed by atoms with van der Waals surface area (Å²) in [7, 11) is 0. The summed E-state index contributed by atoms with van der Waals surface area (Å²) in [6.07, 6.45) is 1.41. The van der Waals surface area contributed by atoms with Gasteiger partial charge in [-0.2, -0.15) is 10.2 Å². The number of aromatic nitrogens is 2. The monoisotopic (exact) mass is 386 g/mol. The number of aryl methyl sites for hydroxylation is 2. The minimum atomic E-state index is -0.410. The lowest BCUT2D eigenvalue weighted by atomic mass is 10.0. The molecule has 1 aromatic heterocycles. The molecule has 0 aliphatic rings. The van der Waals surface area contributed by atoms with Crippen LogP contribution >= 0.6 is 23.2 Å². The fourth-order valence-corrected chi connectivity index (χ4v) is 2.83. The van der Waals surface area contributed by atoms with E-state index in [1.54, 1.807) is 24.3 Å². The Morgan fingerprint density at radius 2 is 1.85 bits per heavy atom. The molecule has 1 heterocycles. The molecule has 132 valence electrons. The summed E-state index contributed by atoms with van der Waals surface area (Å²) in [5.74, 6) is -0.410. The van der Waals surface area contributed by atoms with Crippen molar-refractivity contribution in [2.45, 2.75) is 13.8 Å². The van der Waals surface area contributed by atoms with Gasteiger partial charge in [-0.15, -0.1) is 0 Å². The zero-order valence-corrected chi connectivity index (χ0v) is 15.7. The van der Waals surface area contributed by atoms with Crippen LogP contribution in [0.3, 0.4) is 0 Å². The van der Waals surface area contributed by atoms with Gasteiger partial charge in [0.15, 0.2) is 0 Å². The molecule has 0 spiro atoms. The van der Waals surface area contributed by atoms with Gasteiger partial charge in [0.05, 0.1) is 22.0 Å². The van der Waals surface area contributed by atoms with Gasteiger partial charge < -0.3 is 0 Å². The van der Waals surface area contributed by atoms with Crippen LogP contribution < -0.4 is 5.43 Å². The summed E-state index contributed by atoms with van der Waals surface area (Å²) >= 11 is 12.1. The maximum Gasteiger partial charge on any atom is 0.289 e. The van der Waals surface area contributed by atoms with E-state index in [2.05, 4.69) is 20.7 Å². The van der Waals surface area contributed by atoms with E-state index in [1.807, 2.05) is 32.0 Å². The second kappa shape index (κ2) is 7.72. The molecule has 0 fully saturated rings. The molecule has 5 nitrogen and oxygen atoms in total. The molecule has 3 aromatic rings. The highest BCUT2D eigenvalue weighted by Crippen LogP contribution is 2.22. The number of amides is 1. The quantitative estimate of drug-likeness (QED) is 0.500. The van der Waals surface area contributed by atoms with Gasteiger partial charge in [0.1, 0.15) is 5.69 Å². The molecule has 0 bridgehead atoms. The van der Waals surface area contributed by atoms with Gasteiger partial charge in [-0.25, -0.2) is 5.43 Å². The van der Waals surface area contributed by atoms with E-state index in [9.17, 15) is 4.79 Å². The third-order valence-electron chi connectivity index (χ3n) is 3.98. The zero-order chi connectivity index (χ0) is 18.7. The summed E-state index contributed by atoms with van der Waals surface area (Å²) in [6.45, 7) is 4.08. The van der Waals surface area contributed by atoms with Crippen molar-refractivity contribution >= 4 is 35.3 Å². The molecule has 0 saturated heterocycles. The molecular weight excluding hydrogens is 371 g/mol. The number of hydrogen-bond acceptors (Lipinski definition) is 3. The SMILES string of the molecule is Cc1ccc(-c2cc(C(=O)NN=Cc3c(Cl)cccc3Cl)[nH]n2)cc1C. The Kier molecular flexibility index (Phi) is 5.40. The Morgan fingerprint density at radius 1 is 1.12 bits per heavy atom. The number of rotatable bonds is 4. The van der Waals surface area contributed by atoms with E-state index in [4.69, 9.17) is 23.2 Å². The highest BCUT2D eigenvalue weighted by molar-refractivity contribution is 6.38. The number of nitrogens with zero attached hydrogens (tertiary/aromatic N) is 2. The standard InChI is InChI=1S/C19H16Cl2N4O/c1-11-6-7-13(8-12(11)2)17-9-18(24-23-17)19(26)25-22-10-14-15(20)4-3-5-16(14)21/h3-10H,1-2H3,(H,23,24)(H,25,26). The molecule has 0 atom stereocenters. The highest BCUT2D eigenvalue weighted by Gasteiger charge is 2.11. The van der Waals surface area contributed by atoms with Gasteiger partial charge >= 0.3 is 0 Å². The minimum absolute atomic E-state index is 0.306. The molecule has 2 N–H and O–H groups in total. The maximum absolute atomic E-state index is 12.2. The first kappa shape index (κ1) is 18.2. The van der Waals surface area contributed by atoms with E-state index in [0.717, 1.165) is 11.1 Å². The Labute approximate surface area is 161 Å². The van der Waals surface area contributed by atoms with Gasteiger partial charge in [-0.3, -0.25) is 9.89 Å². The largest absolute Gasteiger partial charge is 0.289 e. The smallest absolute Gasteiger partial charge is 0.272 e. The van der Waals surface area contributed by atoms with Crippen LogP contribution in [0.15, 0.2) is 47.6 Å². The van der Waals surface area contributed by atoms with Crippen LogP contribution in [0.25, 0.3) is 11.3 Å².